The third-order valence-electron chi connectivity index (χ3n) is 5.01. The zero-order chi connectivity index (χ0) is 21.9. The summed E-state index contributed by atoms with van der Waals surface area (Å²) in [6.07, 6.45) is 1.25. The average Bonchev–Trinajstić information content (AvgIpc) is 2.59. The lowest BCUT2D eigenvalue weighted by molar-refractivity contribution is 0.376. The van der Waals surface area contributed by atoms with Crippen LogP contribution in [0.3, 0.4) is 0 Å². The highest BCUT2D eigenvalue weighted by molar-refractivity contribution is 7.97. The predicted octanol–water partition coefficient (Wildman–Crippen LogP) is 7.53. The first-order chi connectivity index (χ1) is 13.4. The Morgan fingerprint density at radius 2 is 1.83 bits per heavy atom. The van der Waals surface area contributed by atoms with Gasteiger partial charge in [-0.3, -0.25) is 0 Å². The van der Waals surface area contributed by atoms with E-state index in [1.54, 1.807) is 6.08 Å². The monoisotopic (exact) mass is 436 g/mol. The van der Waals surface area contributed by atoms with Crippen LogP contribution in [0.4, 0.5) is 4.39 Å². The van der Waals surface area contributed by atoms with Crippen molar-refractivity contribution in [1.82, 2.24) is 10.0 Å². The molecule has 2 rings (SSSR count). The van der Waals surface area contributed by atoms with Crippen molar-refractivity contribution in [3.05, 3.63) is 64.1 Å². The number of allylic oxidation sites excluding steroid dienone is 3. The minimum Gasteiger partial charge on any atom is -0.342 e. The molecule has 0 amide bonds. The first-order valence-electron chi connectivity index (χ1n) is 10.2. The second-order valence-corrected chi connectivity index (χ2v) is 10.6. The molecule has 0 radical (unpaired) electrons. The molecule has 2 N–H and O–H groups in total. The number of hydrogen-bond acceptors (Lipinski definition) is 3. The van der Waals surface area contributed by atoms with E-state index in [-0.39, 0.29) is 17.3 Å². The molecule has 29 heavy (non-hydrogen) atoms. The minimum atomic E-state index is -0.923. The van der Waals surface area contributed by atoms with Gasteiger partial charge in [-0.25, -0.2) is 4.39 Å². The molecule has 0 saturated heterocycles. The van der Waals surface area contributed by atoms with Gasteiger partial charge in [0, 0.05) is 22.0 Å². The fourth-order valence-electron chi connectivity index (χ4n) is 3.34. The Labute approximate surface area is 185 Å². The number of halogens is 2. The van der Waals surface area contributed by atoms with Gasteiger partial charge in [0.2, 0.25) is 0 Å². The molecule has 0 heterocycles. The second kappa shape index (κ2) is 9.61. The van der Waals surface area contributed by atoms with Crippen molar-refractivity contribution in [3.63, 3.8) is 0 Å². The van der Waals surface area contributed by atoms with Crippen LogP contribution in [0.2, 0.25) is 5.02 Å². The van der Waals surface area contributed by atoms with Crippen molar-refractivity contribution >= 4 is 23.5 Å². The highest BCUT2D eigenvalue weighted by Crippen LogP contribution is 2.34. The van der Waals surface area contributed by atoms with Gasteiger partial charge in [-0.05, 0) is 70.2 Å². The predicted molar refractivity (Wildman–Crippen MR) is 126 cm³/mol. The molecule has 1 aromatic carbocycles. The molecule has 0 fully saturated rings. The molecule has 0 aromatic heterocycles. The average molecular weight is 437 g/mol. The van der Waals surface area contributed by atoms with Crippen LogP contribution < -0.4 is 10.0 Å². The number of benzene rings is 1. The largest absolute Gasteiger partial charge is 0.342 e. The SMILES string of the molecule is C=C(NSc1cc(Cl)cc(C(C)(C)C)c1)NC1=C(C(C)C)CC(F)C=C1C(C)C. The van der Waals surface area contributed by atoms with Crippen molar-refractivity contribution in [1.29, 1.82) is 0 Å². The Bertz CT molecular complexity index is 819. The van der Waals surface area contributed by atoms with E-state index in [0.29, 0.717) is 12.2 Å². The summed E-state index contributed by atoms with van der Waals surface area (Å²) in [4.78, 5) is 1.02. The molecule has 1 aromatic rings. The van der Waals surface area contributed by atoms with Gasteiger partial charge >= 0.3 is 0 Å². The smallest absolute Gasteiger partial charge is 0.123 e. The van der Waals surface area contributed by atoms with Crippen molar-refractivity contribution in [2.75, 3.05) is 0 Å². The van der Waals surface area contributed by atoms with Crippen LogP contribution in [0.15, 0.2) is 58.4 Å². The number of rotatable bonds is 7. The van der Waals surface area contributed by atoms with E-state index in [1.165, 1.54) is 17.5 Å². The first-order valence-corrected chi connectivity index (χ1v) is 11.4. The van der Waals surface area contributed by atoms with E-state index in [1.807, 2.05) is 12.1 Å². The van der Waals surface area contributed by atoms with Gasteiger partial charge in [-0.1, -0.05) is 66.6 Å². The van der Waals surface area contributed by atoms with Gasteiger partial charge in [-0.2, -0.15) is 0 Å². The van der Waals surface area contributed by atoms with Gasteiger partial charge in [0.15, 0.2) is 0 Å². The van der Waals surface area contributed by atoms with Crippen molar-refractivity contribution in [2.24, 2.45) is 11.8 Å². The topological polar surface area (TPSA) is 24.1 Å². The van der Waals surface area contributed by atoms with E-state index in [4.69, 9.17) is 11.6 Å². The van der Waals surface area contributed by atoms with E-state index in [9.17, 15) is 4.39 Å². The van der Waals surface area contributed by atoms with E-state index >= 15 is 0 Å². The van der Waals surface area contributed by atoms with Crippen LogP contribution in [-0.4, -0.2) is 6.17 Å². The summed E-state index contributed by atoms with van der Waals surface area (Å²) < 4.78 is 17.5. The summed E-state index contributed by atoms with van der Waals surface area (Å²) in [6, 6.07) is 6.09. The summed E-state index contributed by atoms with van der Waals surface area (Å²) in [5.41, 5.74) is 4.33. The van der Waals surface area contributed by atoms with Crippen LogP contribution in [-0.2, 0) is 5.41 Å². The number of hydrogen-bond donors (Lipinski definition) is 2. The molecule has 0 bridgehead atoms. The molecular weight excluding hydrogens is 403 g/mol. The summed E-state index contributed by atoms with van der Waals surface area (Å²) in [7, 11) is 0. The van der Waals surface area contributed by atoms with Gasteiger partial charge < -0.3 is 10.0 Å². The lowest BCUT2D eigenvalue weighted by atomic mass is 9.84. The molecule has 1 aliphatic carbocycles. The molecule has 1 aliphatic rings. The molecule has 1 unspecified atom stereocenters. The second-order valence-electron chi connectivity index (χ2n) is 9.29. The summed E-state index contributed by atoms with van der Waals surface area (Å²) in [6.45, 7) is 19.0. The molecule has 5 heteroatoms. The van der Waals surface area contributed by atoms with Gasteiger partial charge in [0.1, 0.15) is 12.0 Å². The van der Waals surface area contributed by atoms with Crippen molar-refractivity contribution in [2.45, 2.75) is 71.4 Å². The third-order valence-corrected chi connectivity index (χ3v) is 6.05. The van der Waals surface area contributed by atoms with Crippen LogP contribution in [0.1, 0.15) is 60.5 Å². The Morgan fingerprint density at radius 3 is 2.38 bits per heavy atom. The highest BCUT2D eigenvalue weighted by Gasteiger charge is 2.25. The van der Waals surface area contributed by atoms with Crippen LogP contribution in [0, 0.1) is 11.8 Å². The zero-order valence-electron chi connectivity index (χ0n) is 18.6. The molecule has 0 aliphatic heterocycles. The fourth-order valence-corrected chi connectivity index (χ4v) is 4.31. The van der Waals surface area contributed by atoms with Crippen molar-refractivity contribution in [3.8, 4) is 0 Å². The van der Waals surface area contributed by atoms with Gasteiger partial charge in [-0.15, -0.1) is 0 Å². The van der Waals surface area contributed by atoms with E-state index in [2.05, 4.69) is 71.2 Å². The van der Waals surface area contributed by atoms with Gasteiger partial charge in [0.25, 0.3) is 0 Å². The summed E-state index contributed by atoms with van der Waals surface area (Å²) in [5.74, 6) is 1.16. The van der Waals surface area contributed by atoms with Crippen LogP contribution in [0.25, 0.3) is 0 Å². The molecule has 0 spiro atoms. The maximum atomic E-state index is 14.3. The van der Waals surface area contributed by atoms with Crippen molar-refractivity contribution < 1.29 is 4.39 Å². The quantitative estimate of drug-likeness (QED) is 0.432. The first kappa shape index (κ1) is 23.9. The molecular formula is C24H34ClFN2S. The lowest BCUT2D eigenvalue weighted by Gasteiger charge is -2.29. The fraction of sp³-hybridized carbons (Fsp3) is 0.500. The third kappa shape index (κ3) is 6.55. The Balaban J connectivity index is 2.16. The van der Waals surface area contributed by atoms with Gasteiger partial charge in [0.05, 0.1) is 0 Å². The summed E-state index contributed by atoms with van der Waals surface area (Å²) >= 11 is 7.79. The standard InChI is InChI=1S/C24H34ClFN2S/c1-14(2)21-12-19(26)13-22(15(3)4)23(21)27-16(5)28-29-20-10-17(24(6,7)8)9-18(25)11-20/h9-12,14-15,19,27-28H,5,13H2,1-4,6-8H3. The lowest BCUT2D eigenvalue weighted by Crippen LogP contribution is -2.28. The maximum Gasteiger partial charge on any atom is 0.123 e. The molecule has 1 atom stereocenters. The Morgan fingerprint density at radius 1 is 1.17 bits per heavy atom. The molecule has 0 saturated carbocycles. The van der Waals surface area contributed by atoms with E-state index in [0.717, 1.165) is 26.8 Å². The summed E-state index contributed by atoms with van der Waals surface area (Å²) in [5, 5.41) is 4.14. The number of alkyl halides is 1. The normalized spacial score (nSPS) is 17.6. The minimum absolute atomic E-state index is 0.0222. The Kier molecular flexibility index (Phi) is 7.92. The molecule has 160 valence electrons. The Hall–Kier alpha value is -1.39. The highest BCUT2D eigenvalue weighted by atomic mass is 35.5. The van der Waals surface area contributed by atoms with E-state index < -0.39 is 6.17 Å². The number of nitrogens with one attached hydrogen (secondary N) is 2. The van der Waals surface area contributed by atoms with Crippen LogP contribution >= 0.6 is 23.5 Å². The maximum absolute atomic E-state index is 14.3. The molecule has 2 nitrogen and oxygen atoms in total. The zero-order valence-corrected chi connectivity index (χ0v) is 20.2. The van der Waals surface area contributed by atoms with Crippen LogP contribution in [0.5, 0.6) is 0 Å².